The first-order valence-corrected chi connectivity index (χ1v) is 9.73. The number of anilines is 1. The van der Waals surface area contributed by atoms with E-state index in [4.69, 9.17) is 4.74 Å². The fraction of sp³-hybridized carbons (Fsp3) is 0.292. The van der Waals surface area contributed by atoms with Gasteiger partial charge in [-0.15, -0.1) is 0 Å². The summed E-state index contributed by atoms with van der Waals surface area (Å²) in [5.41, 5.74) is 4.86. The molecule has 2 amide bonds. The van der Waals surface area contributed by atoms with Crippen molar-refractivity contribution in [2.75, 3.05) is 12.4 Å². The van der Waals surface area contributed by atoms with E-state index in [1.54, 1.807) is 6.08 Å². The van der Waals surface area contributed by atoms with Gasteiger partial charge in [0.05, 0.1) is 7.11 Å². The molecule has 0 fully saturated rings. The lowest BCUT2D eigenvalue weighted by Gasteiger charge is -2.17. The Hall–Kier alpha value is -3.41. The second-order valence-corrected chi connectivity index (χ2v) is 7.21. The number of methoxy groups -OCH3 is 1. The first kappa shape index (κ1) is 22.9. The number of ether oxygens (including phenoxy) is 1. The number of para-hydroxylation sites is 1. The normalized spacial score (nSPS) is 11.8. The number of benzene rings is 2. The van der Waals surface area contributed by atoms with Gasteiger partial charge >= 0.3 is 5.97 Å². The highest BCUT2D eigenvalue weighted by atomic mass is 16.5. The number of hydrogen-bond acceptors (Lipinski definition) is 4. The smallest absolute Gasteiger partial charge is 0.328 e. The van der Waals surface area contributed by atoms with E-state index in [9.17, 15) is 14.4 Å². The monoisotopic (exact) mass is 408 g/mol. The van der Waals surface area contributed by atoms with Crippen LogP contribution in [0.15, 0.2) is 48.6 Å². The average molecular weight is 408 g/mol. The maximum Gasteiger partial charge on any atom is 0.328 e. The summed E-state index contributed by atoms with van der Waals surface area (Å²) in [6.07, 6.45) is 3.03. The van der Waals surface area contributed by atoms with Gasteiger partial charge in [-0.2, -0.15) is 0 Å². The van der Waals surface area contributed by atoms with Crippen LogP contribution >= 0.6 is 0 Å². The number of hydrogen-bond donors (Lipinski definition) is 2. The van der Waals surface area contributed by atoms with Crippen LogP contribution in [0, 0.1) is 27.7 Å². The van der Waals surface area contributed by atoms with Gasteiger partial charge in [-0.05, 0) is 62.4 Å². The molecule has 6 heteroatoms. The Morgan fingerprint density at radius 2 is 1.47 bits per heavy atom. The summed E-state index contributed by atoms with van der Waals surface area (Å²) in [5.74, 6) is -1.24. The molecule has 0 saturated carbocycles. The minimum Gasteiger partial charge on any atom is -0.467 e. The zero-order valence-electron chi connectivity index (χ0n) is 18.0. The van der Waals surface area contributed by atoms with Crippen molar-refractivity contribution in [2.45, 2.75) is 40.2 Å². The molecule has 0 aliphatic rings. The van der Waals surface area contributed by atoms with E-state index in [-0.39, 0.29) is 18.2 Å². The lowest BCUT2D eigenvalue weighted by Crippen LogP contribution is -2.41. The standard InChI is InChI=1S/C24H28N2O4/c1-15-9-6-10-16(2)21(15)23(28)25-19(24(29)30-5)13-8-14-20(27)26-22-17(3)11-7-12-18(22)4/h6-12,14,19H,13H2,1-5H3,(H,25,28)(H,26,27)/b14-8+. The average Bonchev–Trinajstić information content (AvgIpc) is 2.69. The van der Waals surface area contributed by atoms with Crippen LogP contribution in [0.5, 0.6) is 0 Å². The van der Waals surface area contributed by atoms with Gasteiger partial charge in [-0.25, -0.2) is 4.79 Å². The third-order valence-electron chi connectivity index (χ3n) is 4.87. The third kappa shape index (κ3) is 5.80. The summed E-state index contributed by atoms with van der Waals surface area (Å²) in [6.45, 7) is 7.52. The molecule has 0 bridgehead atoms. The van der Waals surface area contributed by atoms with Crippen molar-refractivity contribution in [3.8, 4) is 0 Å². The summed E-state index contributed by atoms with van der Waals surface area (Å²) in [7, 11) is 1.26. The largest absolute Gasteiger partial charge is 0.467 e. The zero-order valence-corrected chi connectivity index (χ0v) is 18.0. The SMILES string of the molecule is COC(=O)C(C/C=C/C(=O)Nc1c(C)cccc1C)NC(=O)c1c(C)cccc1C. The van der Waals surface area contributed by atoms with Gasteiger partial charge in [-0.3, -0.25) is 9.59 Å². The second-order valence-electron chi connectivity index (χ2n) is 7.21. The molecule has 0 saturated heterocycles. The highest BCUT2D eigenvalue weighted by Crippen LogP contribution is 2.19. The molecule has 0 heterocycles. The summed E-state index contributed by atoms with van der Waals surface area (Å²) in [4.78, 5) is 37.1. The summed E-state index contributed by atoms with van der Waals surface area (Å²) in [5, 5.41) is 5.56. The van der Waals surface area contributed by atoms with Crippen molar-refractivity contribution in [3.63, 3.8) is 0 Å². The van der Waals surface area contributed by atoms with Crippen molar-refractivity contribution in [1.29, 1.82) is 0 Å². The quantitative estimate of drug-likeness (QED) is 0.539. The Morgan fingerprint density at radius 3 is 2.00 bits per heavy atom. The Bertz CT molecular complexity index is 939. The van der Waals surface area contributed by atoms with Crippen molar-refractivity contribution in [1.82, 2.24) is 5.32 Å². The first-order valence-electron chi connectivity index (χ1n) is 9.73. The molecule has 0 radical (unpaired) electrons. The molecule has 2 aromatic carbocycles. The van der Waals surface area contributed by atoms with E-state index in [1.165, 1.54) is 13.2 Å². The molecule has 2 N–H and O–H groups in total. The lowest BCUT2D eigenvalue weighted by molar-refractivity contribution is -0.142. The highest BCUT2D eigenvalue weighted by molar-refractivity contribution is 6.01. The molecule has 0 aromatic heterocycles. The number of rotatable bonds is 7. The molecule has 30 heavy (non-hydrogen) atoms. The third-order valence-corrected chi connectivity index (χ3v) is 4.87. The predicted octanol–water partition coefficient (Wildman–Crippen LogP) is 3.78. The van der Waals surface area contributed by atoms with Gasteiger partial charge in [0, 0.05) is 11.3 Å². The highest BCUT2D eigenvalue weighted by Gasteiger charge is 2.22. The molecule has 6 nitrogen and oxygen atoms in total. The van der Waals surface area contributed by atoms with Gasteiger partial charge < -0.3 is 15.4 Å². The van der Waals surface area contributed by atoms with E-state index in [0.717, 1.165) is 27.9 Å². The minimum absolute atomic E-state index is 0.128. The molecule has 2 aromatic rings. The van der Waals surface area contributed by atoms with Crippen LogP contribution in [-0.2, 0) is 14.3 Å². The number of nitrogens with one attached hydrogen (secondary N) is 2. The molecule has 1 unspecified atom stereocenters. The van der Waals surface area contributed by atoms with Crippen LogP contribution in [0.25, 0.3) is 0 Å². The molecule has 2 rings (SSSR count). The Balaban J connectivity index is 2.07. The van der Waals surface area contributed by atoms with Crippen LogP contribution in [0.1, 0.15) is 39.0 Å². The van der Waals surface area contributed by atoms with Crippen LogP contribution < -0.4 is 10.6 Å². The summed E-state index contributed by atoms with van der Waals surface area (Å²) >= 11 is 0. The van der Waals surface area contributed by atoms with Gasteiger partial charge in [0.25, 0.3) is 5.91 Å². The Kier molecular flexibility index (Phi) is 7.92. The van der Waals surface area contributed by atoms with Gasteiger partial charge in [0.15, 0.2) is 0 Å². The van der Waals surface area contributed by atoms with Crippen molar-refractivity contribution < 1.29 is 19.1 Å². The van der Waals surface area contributed by atoms with Crippen LogP contribution in [0.3, 0.4) is 0 Å². The van der Waals surface area contributed by atoms with E-state index < -0.39 is 12.0 Å². The van der Waals surface area contributed by atoms with Crippen LogP contribution in [0.4, 0.5) is 5.69 Å². The Morgan fingerprint density at radius 1 is 0.933 bits per heavy atom. The van der Waals surface area contributed by atoms with Crippen LogP contribution in [-0.4, -0.2) is 30.9 Å². The maximum absolute atomic E-state index is 12.7. The number of carbonyl (C=O) groups excluding carboxylic acids is 3. The lowest BCUT2D eigenvalue weighted by atomic mass is 10.0. The first-order chi connectivity index (χ1) is 14.2. The molecule has 158 valence electrons. The topological polar surface area (TPSA) is 84.5 Å². The molecular weight excluding hydrogens is 380 g/mol. The number of carbonyl (C=O) groups is 3. The molecule has 0 aliphatic carbocycles. The van der Waals surface area contributed by atoms with E-state index >= 15 is 0 Å². The fourth-order valence-electron chi connectivity index (χ4n) is 3.25. The number of amides is 2. The Labute approximate surface area is 177 Å². The van der Waals surface area contributed by atoms with E-state index in [1.807, 2.05) is 64.1 Å². The zero-order chi connectivity index (χ0) is 22.3. The van der Waals surface area contributed by atoms with Gasteiger partial charge in [0.2, 0.25) is 5.91 Å². The van der Waals surface area contributed by atoms with Gasteiger partial charge in [-0.1, -0.05) is 42.5 Å². The molecule has 0 spiro atoms. The summed E-state index contributed by atoms with van der Waals surface area (Å²) in [6, 6.07) is 10.4. The maximum atomic E-state index is 12.7. The van der Waals surface area contributed by atoms with Crippen molar-refractivity contribution >= 4 is 23.5 Å². The molecular formula is C24H28N2O4. The number of aryl methyl sites for hydroxylation is 4. The summed E-state index contributed by atoms with van der Waals surface area (Å²) < 4.78 is 4.81. The second kappa shape index (κ2) is 10.4. The predicted molar refractivity (Wildman–Crippen MR) is 117 cm³/mol. The number of esters is 1. The van der Waals surface area contributed by atoms with Crippen LogP contribution in [0.2, 0.25) is 0 Å². The van der Waals surface area contributed by atoms with Crippen molar-refractivity contribution in [2.24, 2.45) is 0 Å². The molecule has 1 atom stereocenters. The fourth-order valence-corrected chi connectivity index (χ4v) is 3.25. The minimum atomic E-state index is -0.897. The van der Waals surface area contributed by atoms with E-state index in [2.05, 4.69) is 10.6 Å². The van der Waals surface area contributed by atoms with Crippen molar-refractivity contribution in [3.05, 3.63) is 76.4 Å². The van der Waals surface area contributed by atoms with Gasteiger partial charge in [0.1, 0.15) is 6.04 Å². The van der Waals surface area contributed by atoms with E-state index in [0.29, 0.717) is 5.56 Å². The molecule has 0 aliphatic heterocycles.